The third kappa shape index (κ3) is 3.32. The normalized spacial score (nSPS) is 17.8. The minimum absolute atomic E-state index is 0.143. The van der Waals surface area contributed by atoms with Crippen LogP contribution in [0, 0.1) is 17.1 Å². The van der Waals surface area contributed by atoms with Crippen molar-refractivity contribution in [2.45, 2.75) is 18.9 Å². The first-order valence-corrected chi connectivity index (χ1v) is 8.74. The Labute approximate surface area is 165 Å². The van der Waals surface area contributed by atoms with E-state index in [4.69, 9.17) is 11.0 Å². The van der Waals surface area contributed by atoms with Crippen LogP contribution >= 0.6 is 0 Å². The highest BCUT2D eigenvalue weighted by atomic mass is 19.1. The van der Waals surface area contributed by atoms with E-state index in [0.717, 1.165) is 5.69 Å². The van der Waals surface area contributed by atoms with Gasteiger partial charge in [0.25, 0.3) is 5.91 Å². The number of hydrogen-bond donors (Lipinski definition) is 2. The number of anilines is 1. The highest BCUT2D eigenvalue weighted by molar-refractivity contribution is 6.02. The van der Waals surface area contributed by atoms with Crippen molar-refractivity contribution in [2.75, 3.05) is 5.32 Å². The van der Waals surface area contributed by atoms with Gasteiger partial charge in [-0.2, -0.15) is 5.26 Å². The van der Waals surface area contributed by atoms with Crippen LogP contribution in [0.3, 0.4) is 0 Å². The number of nitrogens with two attached hydrogens (primary N) is 1. The molecule has 1 amide bonds. The molecule has 2 aromatic heterocycles. The first kappa shape index (κ1) is 18.3. The van der Waals surface area contributed by atoms with Gasteiger partial charge in [-0.15, -0.1) is 0 Å². The van der Waals surface area contributed by atoms with Gasteiger partial charge in [-0.25, -0.2) is 19.4 Å². The van der Waals surface area contributed by atoms with E-state index >= 15 is 0 Å². The fourth-order valence-corrected chi connectivity index (χ4v) is 3.32. The summed E-state index contributed by atoms with van der Waals surface area (Å²) in [5.41, 5.74) is 7.09. The van der Waals surface area contributed by atoms with Crippen molar-refractivity contribution >= 4 is 17.6 Å². The number of rotatable bonds is 3. The predicted octanol–water partition coefficient (Wildman–Crippen LogP) is 2.18. The third-order valence-corrected chi connectivity index (χ3v) is 4.78. The highest BCUT2D eigenvalue weighted by Crippen LogP contribution is 2.35. The number of aliphatic imine (C=N–C) groups is 1. The number of nitrogens with zero attached hydrogens (tertiary/aromatic N) is 5. The van der Waals surface area contributed by atoms with Gasteiger partial charge in [-0.05, 0) is 37.3 Å². The number of benzene rings is 1. The van der Waals surface area contributed by atoms with Crippen LogP contribution in [0.1, 0.15) is 34.2 Å². The van der Waals surface area contributed by atoms with Gasteiger partial charge in [0.1, 0.15) is 23.9 Å². The number of amides is 1. The Kier molecular flexibility index (Phi) is 4.31. The van der Waals surface area contributed by atoms with E-state index in [1.165, 1.54) is 30.5 Å². The van der Waals surface area contributed by atoms with Crippen molar-refractivity contribution in [1.29, 1.82) is 5.26 Å². The number of halogens is 1. The third-order valence-electron chi connectivity index (χ3n) is 4.78. The highest BCUT2D eigenvalue weighted by Gasteiger charge is 2.35. The lowest BCUT2D eigenvalue weighted by atomic mass is 9.86. The molecule has 0 bridgehead atoms. The first-order valence-electron chi connectivity index (χ1n) is 8.74. The van der Waals surface area contributed by atoms with Crippen molar-refractivity contribution in [3.63, 3.8) is 0 Å². The maximum atomic E-state index is 14.7. The number of carbonyl (C=O) groups excluding carboxylic acids is 1. The van der Waals surface area contributed by atoms with Gasteiger partial charge in [0.2, 0.25) is 5.96 Å². The lowest BCUT2D eigenvalue weighted by Gasteiger charge is -2.31. The Hall–Kier alpha value is -4.06. The maximum Gasteiger partial charge on any atom is 0.274 e. The van der Waals surface area contributed by atoms with Gasteiger partial charge in [-0.3, -0.25) is 9.36 Å². The Balaban J connectivity index is 1.63. The summed E-state index contributed by atoms with van der Waals surface area (Å²) in [5, 5.41) is 11.5. The number of imidazole rings is 1. The van der Waals surface area contributed by atoms with Gasteiger partial charge in [-0.1, -0.05) is 0 Å². The Bertz CT molecular complexity index is 1180. The molecule has 0 spiro atoms. The molecule has 29 heavy (non-hydrogen) atoms. The molecule has 0 aliphatic carbocycles. The van der Waals surface area contributed by atoms with E-state index in [-0.39, 0.29) is 11.7 Å². The van der Waals surface area contributed by atoms with Crippen LogP contribution in [0.4, 0.5) is 10.1 Å². The van der Waals surface area contributed by atoms with Crippen molar-refractivity contribution in [1.82, 2.24) is 14.5 Å². The van der Waals surface area contributed by atoms with Crippen molar-refractivity contribution < 1.29 is 9.18 Å². The number of fused-ring (bicyclic) bond motifs is 1. The van der Waals surface area contributed by atoms with Crippen LogP contribution in [0.2, 0.25) is 0 Å². The molecule has 4 rings (SSSR count). The molecule has 0 radical (unpaired) electrons. The van der Waals surface area contributed by atoms with E-state index in [1.54, 1.807) is 30.1 Å². The molecule has 144 valence electrons. The van der Waals surface area contributed by atoms with Gasteiger partial charge < -0.3 is 11.1 Å². The summed E-state index contributed by atoms with van der Waals surface area (Å²) in [6.45, 7) is 1.78. The molecule has 8 nitrogen and oxygen atoms in total. The summed E-state index contributed by atoms with van der Waals surface area (Å²) in [4.78, 5) is 24.9. The van der Waals surface area contributed by atoms with E-state index in [2.05, 4.69) is 20.3 Å². The average Bonchev–Trinajstić information content (AvgIpc) is 3.18. The minimum atomic E-state index is -0.947. The standard InChI is InChI=1S/C20H16FN7O/c1-20(7-14-10-24-11-28(14)19(23)27-20)15-6-13(3-4-16(15)21)26-18(29)17-5-2-12(8-22)9-25-17/h2-6,9-11H,7H2,1H3,(H2,23,27)(H,26,29). The minimum Gasteiger partial charge on any atom is -0.369 e. The van der Waals surface area contributed by atoms with Crippen LogP contribution in [-0.2, 0) is 12.0 Å². The molecule has 1 aromatic carbocycles. The number of aromatic nitrogens is 3. The molecule has 3 heterocycles. The van der Waals surface area contributed by atoms with Crippen molar-refractivity contribution in [3.8, 4) is 6.07 Å². The fourth-order valence-electron chi connectivity index (χ4n) is 3.32. The summed E-state index contributed by atoms with van der Waals surface area (Å²) in [7, 11) is 0. The van der Waals surface area contributed by atoms with Gasteiger partial charge in [0.15, 0.2) is 0 Å². The summed E-state index contributed by atoms with van der Waals surface area (Å²) in [6, 6.07) is 9.18. The van der Waals surface area contributed by atoms with Crippen LogP contribution in [0.15, 0.2) is 54.0 Å². The molecule has 1 aliphatic heterocycles. The van der Waals surface area contributed by atoms with E-state index in [0.29, 0.717) is 23.2 Å². The molecular weight excluding hydrogens is 373 g/mol. The Morgan fingerprint density at radius 3 is 2.90 bits per heavy atom. The van der Waals surface area contributed by atoms with Crippen molar-refractivity contribution in [3.05, 3.63) is 77.4 Å². The Morgan fingerprint density at radius 1 is 1.34 bits per heavy atom. The molecule has 3 aromatic rings. The SMILES string of the molecule is CC1(c2cc(NC(=O)c3ccc(C#N)cn3)ccc2F)Cc2cncn2C(N)=N1. The molecule has 1 unspecified atom stereocenters. The second-order valence-electron chi connectivity index (χ2n) is 6.87. The van der Waals surface area contributed by atoms with Crippen LogP contribution in [0.25, 0.3) is 0 Å². The molecule has 3 N–H and O–H groups in total. The van der Waals surface area contributed by atoms with E-state index in [9.17, 15) is 9.18 Å². The number of hydrogen-bond acceptors (Lipinski definition) is 6. The summed E-state index contributed by atoms with van der Waals surface area (Å²) in [5.74, 6) is -0.699. The van der Waals surface area contributed by atoms with E-state index < -0.39 is 17.3 Å². The van der Waals surface area contributed by atoms with Crippen molar-refractivity contribution in [2.24, 2.45) is 10.7 Å². The van der Waals surface area contributed by atoms with Gasteiger partial charge in [0, 0.05) is 35.8 Å². The summed E-state index contributed by atoms with van der Waals surface area (Å²) >= 11 is 0. The first-order chi connectivity index (χ1) is 13.9. The van der Waals surface area contributed by atoms with Crippen LogP contribution < -0.4 is 11.1 Å². The predicted molar refractivity (Wildman–Crippen MR) is 104 cm³/mol. The molecule has 1 atom stereocenters. The lowest BCUT2D eigenvalue weighted by Crippen LogP contribution is -2.37. The smallest absolute Gasteiger partial charge is 0.274 e. The number of nitriles is 1. The number of nitrogens with one attached hydrogen (secondary N) is 1. The van der Waals surface area contributed by atoms with Gasteiger partial charge >= 0.3 is 0 Å². The Morgan fingerprint density at radius 2 is 2.17 bits per heavy atom. The molecule has 0 saturated heterocycles. The molecular formula is C20H16FN7O. The second kappa shape index (κ2) is 6.83. The molecule has 9 heteroatoms. The lowest BCUT2D eigenvalue weighted by molar-refractivity contribution is 0.102. The zero-order valence-corrected chi connectivity index (χ0v) is 15.4. The molecule has 0 fully saturated rings. The number of pyridine rings is 1. The van der Waals surface area contributed by atoms with Gasteiger partial charge in [0.05, 0.1) is 11.1 Å². The summed E-state index contributed by atoms with van der Waals surface area (Å²) < 4.78 is 16.3. The van der Waals surface area contributed by atoms with Crippen LogP contribution in [-0.4, -0.2) is 26.4 Å². The second-order valence-corrected chi connectivity index (χ2v) is 6.87. The van der Waals surface area contributed by atoms with Crippen LogP contribution in [0.5, 0.6) is 0 Å². The topological polar surface area (TPSA) is 122 Å². The van der Waals surface area contributed by atoms with E-state index in [1.807, 2.05) is 6.07 Å². The monoisotopic (exact) mass is 389 g/mol. The average molecular weight is 389 g/mol. The fraction of sp³-hybridized carbons (Fsp3) is 0.150. The summed E-state index contributed by atoms with van der Waals surface area (Å²) in [6.07, 6.45) is 4.94. The maximum absolute atomic E-state index is 14.7. The largest absolute Gasteiger partial charge is 0.369 e. The molecule has 1 aliphatic rings. The zero-order valence-electron chi connectivity index (χ0n) is 15.4. The number of carbonyl (C=O) groups is 1. The quantitative estimate of drug-likeness (QED) is 0.711. The molecule has 0 saturated carbocycles. The zero-order chi connectivity index (χ0) is 20.6.